The summed E-state index contributed by atoms with van der Waals surface area (Å²) in [4.78, 5) is 11.4. The van der Waals surface area contributed by atoms with E-state index in [0.29, 0.717) is 11.1 Å². The predicted molar refractivity (Wildman–Crippen MR) is 138 cm³/mol. The summed E-state index contributed by atoms with van der Waals surface area (Å²) >= 11 is 3.96. The first kappa shape index (κ1) is 22.1. The zero-order valence-electron chi connectivity index (χ0n) is 18.2. The van der Waals surface area contributed by atoms with E-state index in [4.69, 9.17) is 0 Å². The minimum absolute atomic E-state index is 0.0884. The molecule has 0 unspecified atom stereocenters. The maximum Gasteiger partial charge on any atom is 0.307 e. The second-order valence-electron chi connectivity index (χ2n) is 8.22. The molecule has 5 rings (SSSR count). The van der Waals surface area contributed by atoms with Crippen LogP contribution < -0.4 is 0 Å². The maximum atomic E-state index is 13.9. The molecule has 3 aromatic rings. The summed E-state index contributed by atoms with van der Waals surface area (Å²) < 4.78 is 13.8. The quantitative estimate of drug-likeness (QED) is 0.421. The van der Waals surface area contributed by atoms with Crippen molar-refractivity contribution in [2.45, 2.75) is 17.4 Å². The number of aliphatic carboxylic acids is 1. The standard InChI is InChI=1S/C28H23FO2S2/c1-18-24(23-12-11-22(29)16-26(23)25(18)17-27(30)31)15-19-7-9-21(10-8-19)28(32-13-14-33-28)20-5-3-2-4-6-20/h2-12,15-16H,13-14,17H2,1H3,(H,30,31)/b24-15-. The van der Waals surface area contributed by atoms with E-state index < -0.39 is 5.97 Å². The van der Waals surface area contributed by atoms with Crippen LogP contribution in [0.3, 0.4) is 0 Å². The smallest absolute Gasteiger partial charge is 0.307 e. The summed E-state index contributed by atoms with van der Waals surface area (Å²) in [5.74, 6) is 0.972. The normalized spacial score (nSPS) is 18.1. The number of halogens is 1. The Morgan fingerprint density at radius 1 is 0.970 bits per heavy atom. The maximum absolute atomic E-state index is 13.9. The first-order valence-electron chi connectivity index (χ1n) is 10.9. The number of carboxylic acid groups (broad SMARTS) is 1. The van der Waals surface area contributed by atoms with Gasteiger partial charge in [-0.15, -0.1) is 23.5 Å². The summed E-state index contributed by atoms with van der Waals surface area (Å²) in [5, 5.41) is 9.36. The number of rotatable bonds is 5. The summed E-state index contributed by atoms with van der Waals surface area (Å²) in [6.45, 7) is 1.92. The van der Waals surface area contributed by atoms with E-state index in [1.165, 1.54) is 23.3 Å². The van der Waals surface area contributed by atoms with Crippen molar-refractivity contribution in [3.8, 4) is 0 Å². The summed E-state index contributed by atoms with van der Waals surface area (Å²) in [6.07, 6.45) is 1.96. The van der Waals surface area contributed by atoms with E-state index >= 15 is 0 Å². The third kappa shape index (κ3) is 4.04. The molecule has 3 aromatic carbocycles. The van der Waals surface area contributed by atoms with Crippen molar-refractivity contribution in [3.05, 3.63) is 112 Å². The van der Waals surface area contributed by atoms with E-state index in [1.54, 1.807) is 6.07 Å². The van der Waals surface area contributed by atoms with Gasteiger partial charge < -0.3 is 5.11 Å². The zero-order chi connectivity index (χ0) is 23.0. The SMILES string of the molecule is CC1=C(CC(=O)O)c2cc(F)ccc2/C1=C\c1ccc(C2(c3ccccc3)SCCS2)cc1. The van der Waals surface area contributed by atoms with Crippen LogP contribution in [0.5, 0.6) is 0 Å². The van der Waals surface area contributed by atoms with Crippen LogP contribution in [0.15, 0.2) is 78.4 Å². The molecule has 166 valence electrons. The Morgan fingerprint density at radius 2 is 1.64 bits per heavy atom. The lowest BCUT2D eigenvalue weighted by Gasteiger charge is -2.28. The van der Waals surface area contributed by atoms with Crippen molar-refractivity contribution in [2.24, 2.45) is 0 Å². The lowest BCUT2D eigenvalue weighted by Crippen LogP contribution is -2.16. The van der Waals surface area contributed by atoms with E-state index in [-0.39, 0.29) is 16.3 Å². The van der Waals surface area contributed by atoms with Gasteiger partial charge in [0.25, 0.3) is 0 Å². The average molecular weight is 475 g/mol. The van der Waals surface area contributed by atoms with Gasteiger partial charge in [0.2, 0.25) is 0 Å². The molecule has 0 atom stereocenters. The van der Waals surface area contributed by atoms with Crippen LogP contribution in [-0.4, -0.2) is 22.6 Å². The molecule has 1 heterocycles. The molecule has 1 fully saturated rings. The number of thioether (sulfide) groups is 2. The molecule has 0 bridgehead atoms. The van der Waals surface area contributed by atoms with Crippen molar-refractivity contribution < 1.29 is 14.3 Å². The summed E-state index contributed by atoms with van der Waals surface area (Å²) in [6, 6.07) is 23.9. The molecule has 1 aliphatic heterocycles. The van der Waals surface area contributed by atoms with Crippen LogP contribution in [0.2, 0.25) is 0 Å². The third-order valence-corrected chi connectivity index (χ3v) is 9.77. The minimum Gasteiger partial charge on any atom is -0.481 e. The lowest BCUT2D eigenvalue weighted by molar-refractivity contribution is -0.135. The Bertz CT molecular complexity index is 1270. The first-order chi connectivity index (χ1) is 16.0. The van der Waals surface area contributed by atoms with Crippen LogP contribution in [0.25, 0.3) is 17.2 Å². The van der Waals surface area contributed by atoms with Crippen LogP contribution >= 0.6 is 23.5 Å². The largest absolute Gasteiger partial charge is 0.481 e. The van der Waals surface area contributed by atoms with Gasteiger partial charge in [-0.3, -0.25) is 4.79 Å². The Morgan fingerprint density at radius 3 is 2.30 bits per heavy atom. The van der Waals surface area contributed by atoms with Gasteiger partial charge in [0, 0.05) is 11.5 Å². The van der Waals surface area contributed by atoms with Crippen LogP contribution in [-0.2, 0) is 8.87 Å². The van der Waals surface area contributed by atoms with Crippen LogP contribution in [0.1, 0.15) is 41.2 Å². The second kappa shape index (κ2) is 8.88. The van der Waals surface area contributed by atoms with E-state index in [1.807, 2.05) is 30.4 Å². The Labute approximate surface area is 201 Å². The highest BCUT2D eigenvalue weighted by molar-refractivity contribution is 8.20. The zero-order valence-corrected chi connectivity index (χ0v) is 19.8. The van der Waals surface area contributed by atoms with Gasteiger partial charge in [-0.25, -0.2) is 4.39 Å². The molecule has 0 saturated carbocycles. The molecule has 0 spiro atoms. The van der Waals surface area contributed by atoms with Crippen molar-refractivity contribution >= 4 is 46.7 Å². The minimum atomic E-state index is -0.914. The molecule has 1 aliphatic carbocycles. The highest BCUT2D eigenvalue weighted by atomic mass is 32.2. The van der Waals surface area contributed by atoms with Gasteiger partial charge in [-0.2, -0.15) is 0 Å². The number of carbonyl (C=O) groups is 1. The van der Waals surface area contributed by atoms with Crippen molar-refractivity contribution in [2.75, 3.05) is 11.5 Å². The molecule has 0 radical (unpaired) electrons. The van der Waals surface area contributed by atoms with E-state index in [9.17, 15) is 14.3 Å². The van der Waals surface area contributed by atoms with E-state index in [0.717, 1.165) is 33.8 Å². The fourth-order valence-corrected chi connectivity index (χ4v) is 7.95. The lowest BCUT2D eigenvalue weighted by atomic mass is 9.98. The monoisotopic (exact) mass is 474 g/mol. The molecule has 0 aromatic heterocycles. The third-order valence-electron chi connectivity index (χ3n) is 6.23. The van der Waals surface area contributed by atoms with Gasteiger partial charge in [0.1, 0.15) is 9.90 Å². The fraction of sp³-hybridized carbons (Fsp3) is 0.179. The van der Waals surface area contributed by atoms with Gasteiger partial charge in [0.15, 0.2) is 0 Å². The molecule has 1 saturated heterocycles. The molecule has 2 nitrogen and oxygen atoms in total. The number of carboxylic acids is 1. The Balaban J connectivity index is 1.53. The second-order valence-corrected chi connectivity index (χ2v) is 11.1. The van der Waals surface area contributed by atoms with Gasteiger partial charge in [0.05, 0.1) is 6.42 Å². The molecule has 2 aliphatic rings. The van der Waals surface area contributed by atoms with E-state index in [2.05, 4.69) is 60.7 Å². The van der Waals surface area contributed by atoms with Crippen molar-refractivity contribution in [1.29, 1.82) is 0 Å². The van der Waals surface area contributed by atoms with Crippen molar-refractivity contribution in [1.82, 2.24) is 0 Å². The van der Waals surface area contributed by atoms with Crippen LogP contribution in [0.4, 0.5) is 4.39 Å². The first-order valence-corrected chi connectivity index (χ1v) is 12.8. The van der Waals surface area contributed by atoms with Gasteiger partial charge in [-0.05, 0) is 69.7 Å². The molecular weight excluding hydrogens is 451 g/mol. The molecule has 33 heavy (non-hydrogen) atoms. The molecule has 0 amide bonds. The number of allylic oxidation sites excluding steroid dienone is 2. The Hall–Kier alpha value is -2.76. The fourth-order valence-electron chi connectivity index (χ4n) is 4.67. The summed E-state index contributed by atoms with van der Waals surface area (Å²) in [5.41, 5.74) is 7.72. The summed E-state index contributed by atoms with van der Waals surface area (Å²) in [7, 11) is 0. The molecule has 5 heteroatoms. The van der Waals surface area contributed by atoms with Crippen molar-refractivity contribution in [3.63, 3.8) is 0 Å². The highest BCUT2D eigenvalue weighted by Crippen LogP contribution is 2.56. The number of hydrogen-bond acceptors (Lipinski definition) is 3. The van der Waals surface area contributed by atoms with Crippen LogP contribution in [0, 0.1) is 5.82 Å². The number of hydrogen-bond donors (Lipinski definition) is 1. The molecular formula is C28H23FO2S2. The average Bonchev–Trinajstić information content (AvgIpc) is 3.41. The number of benzene rings is 3. The highest BCUT2D eigenvalue weighted by Gasteiger charge is 2.39. The topological polar surface area (TPSA) is 37.3 Å². The predicted octanol–water partition coefficient (Wildman–Crippen LogP) is 7.31. The molecule has 1 N–H and O–H groups in total. The number of fused-ring (bicyclic) bond motifs is 1. The van der Waals surface area contributed by atoms with Gasteiger partial charge in [-0.1, -0.05) is 60.7 Å². The van der Waals surface area contributed by atoms with Gasteiger partial charge >= 0.3 is 5.97 Å². The Kier molecular flexibility index (Phi) is 5.94.